The van der Waals surface area contributed by atoms with Gasteiger partial charge in [0.2, 0.25) is 5.91 Å². The molecule has 1 atom stereocenters. The number of anilines is 1. The van der Waals surface area contributed by atoms with Gasteiger partial charge in [-0.3, -0.25) is 4.79 Å². The monoisotopic (exact) mass is 274 g/mol. The van der Waals surface area contributed by atoms with Crippen LogP contribution >= 0.6 is 0 Å². The number of amides is 1. The van der Waals surface area contributed by atoms with Crippen LogP contribution in [0, 0.1) is 5.92 Å². The average Bonchev–Trinajstić information content (AvgIpc) is 2.99. The molecule has 0 aliphatic carbocycles. The second-order valence-electron chi connectivity index (χ2n) is 5.69. The molecule has 1 amide bonds. The van der Waals surface area contributed by atoms with Gasteiger partial charge in [0.1, 0.15) is 5.75 Å². The number of rotatable bonds is 4. The van der Waals surface area contributed by atoms with Crippen molar-refractivity contribution in [2.45, 2.75) is 32.1 Å². The van der Waals surface area contributed by atoms with E-state index in [4.69, 9.17) is 4.74 Å². The first-order chi connectivity index (χ1) is 9.83. The highest BCUT2D eigenvalue weighted by Crippen LogP contribution is 2.33. The Hall–Kier alpha value is -1.55. The van der Waals surface area contributed by atoms with Crippen molar-refractivity contribution in [3.63, 3.8) is 0 Å². The molecule has 0 radical (unpaired) electrons. The number of fused-ring (bicyclic) bond motifs is 1. The lowest BCUT2D eigenvalue weighted by Crippen LogP contribution is -2.17. The Morgan fingerprint density at radius 3 is 3.25 bits per heavy atom. The van der Waals surface area contributed by atoms with Crippen molar-refractivity contribution in [3.8, 4) is 5.75 Å². The zero-order chi connectivity index (χ0) is 13.8. The fourth-order valence-corrected chi connectivity index (χ4v) is 3.00. The van der Waals surface area contributed by atoms with Gasteiger partial charge in [0.15, 0.2) is 0 Å². The summed E-state index contributed by atoms with van der Waals surface area (Å²) in [5.41, 5.74) is 2.03. The first-order valence-corrected chi connectivity index (χ1v) is 7.58. The van der Waals surface area contributed by atoms with Crippen molar-refractivity contribution in [2.24, 2.45) is 5.92 Å². The molecule has 0 saturated carbocycles. The van der Waals surface area contributed by atoms with Crippen LogP contribution < -0.4 is 15.4 Å². The molecule has 4 heteroatoms. The van der Waals surface area contributed by atoms with E-state index in [2.05, 4.69) is 16.7 Å². The minimum atomic E-state index is 0.0967. The third-order valence-corrected chi connectivity index (χ3v) is 4.15. The van der Waals surface area contributed by atoms with Crippen LogP contribution in [0.15, 0.2) is 18.2 Å². The van der Waals surface area contributed by atoms with Crippen molar-refractivity contribution < 1.29 is 9.53 Å². The Bertz CT molecular complexity index is 481. The van der Waals surface area contributed by atoms with Gasteiger partial charge in [0.05, 0.1) is 12.3 Å². The highest BCUT2D eigenvalue weighted by atomic mass is 16.5. The van der Waals surface area contributed by atoms with Crippen LogP contribution in [0.2, 0.25) is 0 Å². The standard InChI is InChI=1S/C16H22N2O2/c19-15(7-6-12-8-9-17-11-12)18-14-5-1-3-13-4-2-10-20-16(13)14/h1,3,5,12,17H,2,4,6-11H2,(H,18,19)/t12-/m0/s1. The van der Waals surface area contributed by atoms with E-state index in [0.717, 1.165) is 50.4 Å². The summed E-state index contributed by atoms with van der Waals surface area (Å²) in [4.78, 5) is 12.1. The molecule has 0 spiro atoms. The number of ether oxygens (including phenoxy) is 1. The zero-order valence-electron chi connectivity index (χ0n) is 11.8. The predicted octanol–water partition coefficient (Wildman–Crippen LogP) is 2.34. The van der Waals surface area contributed by atoms with Gasteiger partial charge in [-0.25, -0.2) is 0 Å². The van der Waals surface area contributed by atoms with E-state index in [0.29, 0.717) is 12.3 Å². The summed E-state index contributed by atoms with van der Waals surface area (Å²) in [5.74, 6) is 1.62. The first kappa shape index (κ1) is 13.4. The first-order valence-electron chi connectivity index (χ1n) is 7.58. The van der Waals surface area contributed by atoms with Crippen molar-refractivity contribution in [1.82, 2.24) is 5.32 Å². The SMILES string of the molecule is O=C(CC[C@H]1CCNC1)Nc1cccc2c1OCCC2. The maximum atomic E-state index is 12.1. The molecule has 2 heterocycles. The van der Waals surface area contributed by atoms with E-state index in [1.807, 2.05) is 12.1 Å². The second kappa shape index (κ2) is 6.27. The maximum absolute atomic E-state index is 12.1. The molecule has 1 saturated heterocycles. The van der Waals surface area contributed by atoms with E-state index in [9.17, 15) is 4.79 Å². The van der Waals surface area contributed by atoms with Gasteiger partial charge in [-0.05, 0) is 56.3 Å². The van der Waals surface area contributed by atoms with E-state index in [-0.39, 0.29) is 5.91 Å². The van der Waals surface area contributed by atoms with Gasteiger partial charge in [0.25, 0.3) is 0 Å². The Morgan fingerprint density at radius 2 is 2.40 bits per heavy atom. The maximum Gasteiger partial charge on any atom is 0.224 e. The van der Waals surface area contributed by atoms with Gasteiger partial charge in [-0.15, -0.1) is 0 Å². The number of carbonyl (C=O) groups excluding carboxylic acids is 1. The van der Waals surface area contributed by atoms with Crippen LogP contribution in [0.3, 0.4) is 0 Å². The molecule has 20 heavy (non-hydrogen) atoms. The molecular weight excluding hydrogens is 252 g/mol. The van der Waals surface area contributed by atoms with Gasteiger partial charge >= 0.3 is 0 Å². The smallest absolute Gasteiger partial charge is 0.224 e. The Labute approximate surface area is 119 Å². The van der Waals surface area contributed by atoms with Gasteiger partial charge < -0.3 is 15.4 Å². The molecule has 0 unspecified atom stereocenters. The van der Waals surface area contributed by atoms with Crippen LogP contribution in [-0.2, 0) is 11.2 Å². The van der Waals surface area contributed by atoms with Crippen LogP contribution in [-0.4, -0.2) is 25.6 Å². The minimum absolute atomic E-state index is 0.0967. The third-order valence-electron chi connectivity index (χ3n) is 4.15. The van der Waals surface area contributed by atoms with Crippen LogP contribution in [0.5, 0.6) is 5.75 Å². The molecular formula is C16H22N2O2. The lowest BCUT2D eigenvalue weighted by atomic mass is 10.0. The minimum Gasteiger partial charge on any atom is -0.491 e. The fraction of sp³-hybridized carbons (Fsp3) is 0.562. The van der Waals surface area contributed by atoms with Crippen LogP contribution in [0.1, 0.15) is 31.2 Å². The molecule has 2 aliphatic rings. The zero-order valence-corrected chi connectivity index (χ0v) is 11.8. The molecule has 1 aromatic carbocycles. The number of carbonyl (C=O) groups is 1. The molecule has 4 nitrogen and oxygen atoms in total. The van der Waals surface area contributed by atoms with Crippen molar-refractivity contribution in [2.75, 3.05) is 25.0 Å². The van der Waals surface area contributed by atoms with Crippen LogP contribution in [0.4, 0.5) is 5.69 Å². The summed E-state index contributed by atoms with van der Waals surface area (Å²) >= 11 is 0. The lowest BCUT2D eigenvalue weighted by Gasteiger charge is -2.20. The second-order valence-corrected chi connectivity index (χ2v) is 5.69. The summed E-state index contributed by atoms with van der Waals surface area (Å²) in [6.45, 7) is 2.89. The largest absolute Gasteiger partial charge is 0.491 e. The quantitative estimate of drug-likeness (QED) is 0.886. The van der Waals surface area contributed by atoms with Gasteiger partial charge in [0, 0.05) is 6.42 Å². The normalized spacial score (nSPS) is 21.1. The van der Waals surface area contributed by atoms with E-state index in [1.54, 1.807) is 0 Å². The van der Waals surface area contributed by atoms with E-state index < -0.39 is 0 Å². The summed E-state index contributed by atoms with van der Waals surface area (Å²) in [6.07, 6.45) is 4.84. The molecule has 0 bridgehead atoms. The number of aryl methyl sites for hydroxylation is 1. The number of hydrogen-bond acceptors (Lipinski definition) is 3. The molecule has 1 fully saturated rings. The van der Waals surface area contributed by atoms with Gasteiger partial charge in [-0.1, -0.05) is 12.1 Å². The number of nitrogens with one attached hydrogen (secondary N) is 2. The summed E-state index contributed by atoms with van der Waals surface area (Å²) in [7, 11) is 0. The fourth-order valence-electron chi connectivity index (χ4n) is 3.00. The van der Waals surface area contributed by atoms with Crippen molar-refractivity contribution in [3.05, 3.63) is 23.8 Å². The molecule has 3 rings (SSSR count). The summed E-state index contributed by atoms with van der Waals surface area (Å²) in [5, 5.41) is 6.34. The van der Waals surface area contributed by atoms with Gasteiger partial charge in [-0.2, -0.15) is 0 Å². The predicted molar refractivity (Wildman–Crippen MR) is 79.1 cm³/mol. The number of para-hydroxylation sites is 1. The summed E-state index contributed by atoms with van der Waals surface area (Å²) in [6, 6.07) is 6.00. The molecule has 0 aromatic heterocycles. The molecule has 2 N–H and O–H groups in total. The van der Waals surface area contributed by atoms with Crippen molar-refractivity contribution >= 4 is 11.6 Å². The van der Waals surface area contributed by atoms with Crippen LogP contribution in [0.25, 0.3) is 0 Å². The Balaban J connectivity index is 1.58. The van der Waals surface area contributed by atoms with Crippen molar-refractivity contribution in [1.29, 1.82) is 0 Å². The van der Waals surface area contributed by atoms with E-state index >= 15 is 0 Å². The molecule has 108 valence electrons. The average molecular weight is 274 g/mol. The highest BCUT2D eigenvalue weighted by Gasteiger charge is 2.18. The molecule has 2 aliphatic heterocycles. The lowest BCUT2D eigenvalue weighted by molar-refractivity contribution is -0.116. The topological polar surface area (TPSA) is 50.4 Å². The Morgan fingerprint density at radius 1 is 1.45 bits per heavy atom. The number of benzene rings is 1. The highest BCUT2D eigenvalue weighted by molar-refractivity contribution is 5.92. The number of hydrogen-bond donors (Lipinski definition) is 2. The van der Waals surface area contributed by atoms with E-state index in [1.165, 1.54) is 12.0 Å². The third kappa shape index (κ3) is 3.12. The molecule has 1 aromatic rings. The summed E-state index contributed by atoms with van der Waals surface area (Å²) < 4.78 is 5.71. The Kier molecular flexibility index (Phi) is 4.21.